The van der Waals surface area contributed by atoms with Gasteiger partial charge in [-0.05, 0) is 25.1 Å². The quantitative estimate of drug-likeness (QED) is 0.704. The molecule has 1 heterocycles. The lowest BCUT2D eigenvalue weighted by Crippen LogP contribution is -2.22. The van der Waals surface area contributed by atoms with Gasteiger partial charge in [0.05, 0.1) is 5.56 Å². The summed E-state index contributed by atoms with van der Waals surface area (Å²) in [7, 11) is 0. The van der Waals surface area contributed by atoms with Gasteiger partial charge in [0, 0.05) is 22.8 Å². The first-order valence-electron chi connectivity index (χ1n) is 7.81. The number of amides is 1. The second-order valence-corrected chi connectivity index (χ2v) is 5.93. The Balaban J connectivity index is 1.89. The molecule has 4 nitrogen and oxygen atoms in total. The lowest BCUT2D eigenvalue weighted by molar-refractivity contribution is -0.116. The molecule has 0 unspecified atom stereocenters. The fourth-order valence-electron chi connectivity index (χ4n) is 2.70. The van der Waals surface area contributed by atoms with Crippen LogP contribution in [-0.2, 0) is 11.3 Å². The Morgan fingerprint density at radius 3 is 2.35 bits per heavy atom. The highest BCUT2D eigenvalue weighted by Gasteiger charge is 2.40. The number of nitrogens with zero attached hydrogens (tertiary/aromatic N) is 1. The summed E-state index contributed by atoms with van der Waals surface area (Å²) in [6.07, 6.45) is -3.89. The van der Waals surface area contributed by atoms with Crippen LogP contribution in [0.3, 0.4) is 0 Å². The second-order valence-electron chi connectivity index (χ2n) is 5.93. The van der Waals surface area contributed by atoms with Crippen molar-refractivity contribution in [2.24, 2.45) is 0 Å². The number of benzene rings is 2. The monoisotopic (exact) mass is 360 g/mol. The van der Waals surface area contributed by atoms with Gasteiger partial charge in [0.25, 0.3) is 5.78 Å². The molecule has 0 saturated carbocycles. The summed E-state index contributed by atoms with van der Waals surface area (Å²) in [6.45, 7) is 1.70. The Kier molecular flexibility index (Phi) is 4.54. The van der Waals surface area contributed by atoms with Crippen LogP contribution in [0.5, 0.6) is 0 Å². The number of hydrogen-bond donors (Lipinski definition) is 1. The number of Topliss-reactive ketones (excluding diaryl/α,β-unsaturated/α-hetero) is 1. The largest absolute Gasteiger partial charge is 0.454 e. The third kappa shape index (κ3) is 3.61. The van der Waals surface area contributed by atoms with Gasteiger partial charge in [0.1, 0.15) is 6.54 Å². The van der Waals surface area contributed by atoms with Gasteiger partial charge in [-0.25, -0.2) is 0 Å². The number of rotatable bonds is 4. The molecule has 1 aromatic heterocycles. The van der Waals surface area contributed by atoms with E-state index >= 15 is 0 Å². The van der Waals surface area contributed by atoms with Crippen molar-refractivity contribution >= 4 is 28.3 Å². The van der Waals surface area contributed by atoms with Crippen LogP contribution in [0, 0.1) is 6.92 Å². The summed E-state index contributed by atoms with van der Waals surface area (Å²) in [5, 5.41) is 2.85. The summed E-state index contributed by atoms with van der Waals surface area (Å²) >= 11 is 0. The molecular formula is C19H15F3N2O2. The first-order chi connectivity index (χ1) is 12.3. The number of para-hydroxylation sites is 1. The first kappa shape index (κ1) is 17.7. The van der Waals surface area contributed by atoms with Crippen molar-refractivity contribution in [2.45, 2.75) is 19.6 Å². The van der Waals surface area contributed by atoms with Crippen LogP contribution in [-0.4, -0.2) is 22.4 Å². The van der Waals surface area contributed by atoms with Gasteiger partial charge in [-0.2, -0.15) is 13.2 Å². The summed E-state index contributed by atoms with van der Waals surface area (Å²) in [4.78, 5) is 23.9. The first-order valence-corrected chi connectivity index (χ1v) is 7.81. The maximum atomic E-state index is 12.8. The number of anilines is 1. The van der Waals surface area contributed by atoms with E-state index in [1.165, 1.54) is 10.6 Å². The zero-order chi connectivity index (χ0) is 18.9. The highest BCUT2D eigenvalue weighted by Crippen LogP contribution is 2.28. The molecule has 134 valence electrons. The molecule has 0 bridgehead atoms. The molecule has 1 amide bonds. The van der Waals surface area contributed by atoms with Crippen molar-refractivity contribution in [3.63, 3.8) is 0 Å². The zero-order valence-corrected chi connectivity index (χ0v) is 13.8. The summed E-state index contributed by atoms with van der Waals surface area (Å²) in [6, 6.07) is 13.3. The van der Waals surface area contributed by atoms with Crippen molar-refractivity contribution in [3.05, 3.63) is 65.9 Å². The standard InChI is InChI=1S/C19H15F3N2O2/c1-12-6-8-13(9-7-12)23-17(25)11-24-10-15(18(26)19(20,21)22)14-4-2-3-5-16(14)24/h2-10H,11H2,1H3,(H,23,25). The zero-order valence-electron chi connectivity index (χ0n) is 13.8. The Hall–Kier alpha value is -3.09. The maximum absolute atomic E-state index is 12.8. The molecular weight excluding hydrogens is 345 g/mol. The van der Waals surface area contributed by atoms with Gasteiger partial charge >= 0.3 is 6.18 Å². The molecule has 0 aliphatic heterocycles. The van der Waals surface area contributed by atoms with Crippen molar-refractivity contribution in [1.82, 2.24) is 4.57 Å². The maximum Gasteiger partial charge on any atom is 0.454 e. The van der Waals surface area contributed by atoms with E-state index in [-0.39, 0.29) is 11.9 Å². The topological polar surface area (TPSA) is 51.1 Å². The van der Waals surface area contributed by atoms with E-state index in [1.807, 2.05) is 19.1 Å². The molecule has 0 aliphatic carbocycles. The van der Waals surface area contributed by atoms with Gasteiger partial charge in [-0.1, -0.05) is 35.9 Å². The van der Waals surface area contributed by atoms with E-state index in [0.717, 1.165) is 11.8 Å². The van der Waals surface area contributed by atoms with Gasteiger partial charge in [-0.3, -0.25) is 9.59 Å². The minimum atomic E-state index is -4.97. The molecule has 0 radical (unpaired) electrons. The van der Waals surface area contributed by atoms with Gasteiger partial charge in [-0.15, -0.1) is 0 Å². The minimum Gasteiger partial charge on any atom is -0.337 e. The normalized spacial score (nSPS) is 11.5. The number of fused-ring (bicyclic) bond motifs is 1. The molecule has 7 heteroatoms. The molecule has 0 fully saturated rings. The van der Waals surface area contributed by atoms with Crippen LogP contribution in [0.15, 0.2) is 54.7 Å². The van der Waals surface area contributed by atoms with Crippen molar-refractivity contribution < 1.29 is 22.8 Å². The molecule has 0 atom stereocenters. The Bertz CT molecular complexity index is 973. The predicted octanol–water partition coefficient (Wildman–Crippen LogP) is 4.33. The summed E-state index contributed by atoms with van der Waals surface area (Å²) < 4.78 is 39.8. The van der Waals surface area contributed by atoms with Crippen molar-refractivity contribution in [1.29, 1.82) is 0 Å². The SMILES string of the molecule is Cc1ccc(NC(=O)Cn2cc(C(=O)C(F)(F)F)c3ccccc32)cc1. The molecule has 2 aromatic carbocycles. The number of nitrogens with one attached hydrogen (secondary N) is 1. The Labute approximate surface area is 147 Å². The number of hydrogen-bond acceptors (Lipinski definition) is 2. The second kappa shape index (κ2) is 6.67. The summed E-state index contributed by atoms with van der Waals surface area (Å²) in [5.74, 6) is -2.33. The van der Waals surface area contributed by atoms with E-state index in [4.69, 9.17) is 0 Å². The molecule has 0 spiro atoms. The van der Waals surface area contributed by atoms with Crippen LogP contribution < -0.4 is 5.32 Å². The number of aromatic nitrogens is 1. The number of ketones is 1. The van der Waals surface area contributed by atoms with Crippen molar-refractivity contribution in [2.75, 3.05) is 5.32 Å². The average Bonchev–Trinajstić information content (AvgIpc) is 2.94. The van der Waals surface area contributed by atoms with E-state index in [2.05, 4.69) is 5.32 Å². The van der Waals surface area contributed by atoms with Crippen LogP contribution in [0.4, 0.5) is 18.9 Å². The third-order valence-corrected chi connectivity index (χ3v) is 3.94. The van der Waals surface area contributed by atoms with Gasteiger partial charge < -0.3 is 9.88 Å². The van der Waals surface area contributed by atoms with Gasteiger partial charge in [0.15, 0.2) is 0 Å². The van der Waals surface area contributed by atoms with Crippen LogP contribution in [0.2, 0.25) is 0 Å². The lowest BCUT2D eigenvalue weighted by atomic mass is 10.1. The molecule has 0 aliphatic rings. The predicted molar refractivity (Wildman–Crippen MR) is 92.1 cm³/mol. The smallest absolute Gasteiger partial charge is 0.337 e. The van der Waals surface area contributed by atoms with Crippen LogP contribution in [0.25, 0.3) is 10.9 Å². The number of carbonyl (C=O) groups is 2. The molecule has 3 rings (SSSR count). The fourth-order valence-corrected chi connectivity index (χ4v) is 2.70. The Morgan fingerprint density at radius 2 is 1.69 bits per heavy atom. The minimum absolute atomic E-state index is 0.165. The van der Waals surface area contributed by atoms with E-state index in [9.17, 15) is 22.8 Å². The molecule has 26 heavy (non-hydrogen) atoms. The van der Waals surface area contributed by atoms with E-state index < -0.39 is 23.4 Å². The molecule has 0 saturated heterocycles. The van der Waals surface area contributed by atoms with Crippen LogP contribution >= 0.6 is 0 Å². The molecule has 1 N–H and O–H groups in total. The van der Waals surface area contributed by atoms with Crippen LogP contribution in [0.1, 0.15) is 15.9 Å². The van der Waals surface area contributed by atoms with E-state index in [1.54, 1.807) is 30.3 Å². The number of halogens is 3. The molecule has 3 aromatic rings. The number of aryl methyl sites for hydroxylation is 1. The van der Waals surface area contributed by atoms with E-state index in [0.29, 0.717) is 11.2 Å². The summed E-state index contributed by atoms with van der Waals surface area (Å²) in [5.41, 5.74) is 1.55. The Morgan fingerprint density at radius 1 is 1.04 bits per heavy atom. The number of alkyl halides is 3. The fraction of sp³-hybridized carbons (Fsp3) is 0.158. The average molecular weight is 360 g/mol. The highest BCUT2D eigenvalue weighted by molar-refractivity contribution is 6.11. The lowest BCUT2D eigenvalue weighted by Gasteiger charge is -2.07. The number of carbonyl (C=O) groups excluding carboxylic acids is 2. The highest BCUT2D eigenvalue weighted by atomic mass is 19.4. The van der Waals surface area contributed by atoms with Gasteiger partial charge in [0.2, 0.25) is 5.91 Å². The third-order valence-electron chi connectivity index (χ3n) is 3.94. The van der Waals surface area contributed by atoms with Crippen molar-refractivity contribution in [3.8, 4) is 0 Å².